The zero-order valence-electron chi connectivity index (χ0n) is 9.33. The van der Waals surface area contributed by atoms with Crippen molar-refractivity contribution in [2.45, 2.75) is 17.9 Å². The monoisotopic (exact) mass is 271 g/mol. The number of nitrogens with one attached hydrogen (secondary N) is 2. The van der Waals surface area contributed by atoms with Crippen molar-refractivity contribution in [3.05, 3.63) is 36.4 Å². The highest BCUT2D eigenvalue weighted by Gasteiger charge is 2.20. The molecule has 2 aromatic heterocycles. The Morgan fingerprint density at radius 2 is 2.22 bits per heavy atom. The van der Waals surface area contributed by atoms with Gasteiger partial charge in [0, 0.05) is 6.20 Å². The zero-order valence-corrected chi connectivity index (χ0v) is 10.1. The van der Waals surface area contributed by atoms with E-state index in [9.17, 15) is 12.8 Å². The predicted octanol–water partition coefficient (Wildman–Crippen LogP) is 0.378. The van der Waals surface area contributed by atoms with Crippen molar-refractivity contribution in [1.29, 1.82) is 0 Å². The van der Waals surface area contributed by atoms with Gasteiger partial charge in [0.1, 0.15) is 22.9 Å². The van der Waals surface area contributed by atoms with Crippen molar-refractivity contribution < 1.29 is 12.8 Å². The normalized spacial score (nSPS) is 13.4. The van der Waals surface area contributed by atoms with Crippen LogP contribution in [0.1, 0.15) is 18.8 Å². The van der Waals surface area contributed by atoms with Crippen molar-refractivity contribution in [3.63, 3.8) is 0 Å². The van der Waals surface area contributed by atoms with Crippen LogP contribution < -0.4 is 4.72 Å². The summed E-state index contributed by atoms with van der Waals surface area (Å²) in [6.45, 7) is 1.59. The quantitative estimate of drug-likeness (QED) is 0.837. The number of hydrogen-bond donors (Lipinski definition) is 2. The maximum Gasteiger partial charge on any atom is 0.242 e. The molecule has 0 fully saturated rings. The number of hydrogen-bond acceptors (Lipinski definition) is 5. The lowest BCUT2D eigenvalue weighted by Crippen LogP contribution is -2.27. The van der Waals surface area contributed by atoms with E-state index in [1.54, 1.807) is 6.92 Å². The first-order chi connectivity index (χ1) is 8.49. The molecule has 0 spiro atoms. The van der Waals surface area contributed by atoms with E-state index in [0.29, 0.717) is 5.82 Å². The van der Waals surface area contributed by atoms with Crippen LogP contribution in [0, 0.1) is 5.82 Å². The Bertz CT molecular complexity index is 628. The highest BCUT2D eigenvalue weighted by atomic mass is 32.2. The van der Waals surface area contributed by atoms with Crippen LogP contribution in [0.25, 0.3) is 0 Å². The van der Waals surface area contributed by atoms with Crippen molar-refractivity contribution in [2.24, 2.45) is 0 Å². The molecular weight excluding hydrogens is 261 g/mol. The Hall–Kier alpha value is -1.87. The number of nitrogens with zero attached hydrogens (tertiary/aromatic N) is 3. The first kappa shape index (κ1) is 12.6. The summed E-state index contributed by atoms with van der Waals surface area (Å²) in [6.07, 6.45) is 3.27. The summed E-state index contributed by atoms with van der Waals surface area (Å²) in [7, 11) is -3.85. The summed E-state index contributed by atoms with van der Waals surface area (Å²) in [5, 5.41) is 6.16. The molecule has 2 N–H and O–H groups in total. The summed E-state index contributed by atoms with van der Waals surface area (Å²) in [5.41, 5.74) is 0. The lowest BCUT2D eigenvalue weighted by Gasteiger charge is -2.11. The van der Waals surface area contributed by atoms with E-state index >= 15 is 0 Å². The molecule has 0 saturated carbocycles. The average Bonchev–Trinajstić information content (AvgIpc) is 2.82. The molecule has 7 nitrogen and oxygen atoms in total. The Labute approximate surface area is 103 Å². The van der Waals surface area contributed by atoms with Gasteiger partial charge in [-0.15, -0.1) is 0 Å². The number of aromatic amines is 1. The molecule has 0 aliphatic rings. The number of sulfonamides is 1. The molecule has 9 heteroatoms. The zero-order chi connectivity index (χ0) is 13.2. The van der Waals surface area contributed by atoms with Gasteiger partial charge in [-0.3, -0.25) is 10.1 Å². The largest absolute Gasteiger partial charge is 0.262 e. The van der Waals surface area contributed by atoms with Gasteiger partial charge in [0.25, 0.3) is 0 Å². The van der Waals surface area contributed by atoms with Crippen molar-refractivity contribution in [3.8, 4) is 0 Å². The molecule has 0 aliphatic heterocycles. The van der Waals surface area contributed by atoms with Crippen molar-refractivity contribution in [2.75, 3.05) is 0 Å². The second kappa shape index (κ2) is 4.78. The molecule has 96 valence electrons. The molecule has 0 radical (unpaired) electrons. The summed E-state index contributed by atoms with van der Waals surface area (Å²) < 4.78 is 39.1. The fourth-order valence-corrected chi connectivity index (χ4v) is 2.50. The van der Waals surface area contributed by atoms with Crippen LogP contribution in [0.3, 0.4) is 0 Å². The molecule has 2 heterocycles. The van der Waals surface area contributed by atoms with Crippen LogP contribution in [0.15, 0.2) is 29.7 Å². The third-order valence-corrected chi connectivity index (χ3v) is 3.67. The van der Waals surface area contributed by atoms with Crippen molar-refractivity contribution >= 4 is 10.0 Å². The van der Waals surface area contributed by atoms with Gasteiger partial charge in [-0.2, -0.15) is 5.10 Å². The standard InChI is InChI=1S/C9H10FN5O2S/c1-6(9-12-5-13-14-9)15-18(16,17)8-2-7(10)3-11-4-8/h2-6,15H,1H3,(H,12,13,14). The molecule has 0 aromatic carbocycles. The lowest BCUT2D eigenvalue weighted by atomic mass is 10.3. The van der Waals surface area contributed by atoms with Gasteiger partial charge < -0.3 is 0 Å². The highest BCUT2D eigenvalue weighted by molar-refractivity contribution is 7.89. The SMILES string of the molecule is CC(NS(=O)(=O)c1cncc(F)c1)c1ncn[nH]1. The topological polar surface area (TPSA) is 101 Å². The molecule has 18 heavy (non-hydrogen) atoms. The van der Waals surface area contributed by atoms with E-state index in [1.807, 2.05) is 0 Å². The summed E-state index contributed by atoms with van der Waals surface area (Å²) in [4.78, 5) is 7.08. The Morgan fingerprint density at radius 1 is 1.44 bits per heavy atom. The van der Waals surface area contributed by atoms with Gasteiger partial charge in [-0.05, 0) is 13.0 Å². The Kier molecular flexibility index (Phi) is 3.34. The minimum Gasteiger partial charge on any atom is -0.262 e. The lowest BCUT2D eigenvalue weighted by molar-refractivity contribution is 0.556. The van der Waals surface area contributed by atoms with E-state index in [-0.39, 0.29) is 4.90 Å². The van der Waals surface area contributed by atoms with Gasteiger partial charge in [0.05, 0.1) is 12.2 Å². The molecule has 1 atom stereocenters. The molecule has 0 amide bonds. The van der Waals surface area contributed by atoms with Gasteiger partial charge in [0.2, 0.25) is 10.0 Å². The number of rotatable bonds is 4. The molecule has 0 saturated heterocycles. The third-order valence-electron chi connectivity index (χ3n) is 2.17. The molecule has 0 aliphatic carbocycles. The summed E-state index contributed by atoms with van der Waals surface area (Å²) in [6, 6.07) is 0.281. The van der Waals surface area contributed by atoms with E-state index in [0.717, 1.165) is 18.5 Å². The van der Waals surface area contributed by atoms with Crippen LogP contribution in [-0.4, -0.2) is 28.6 Å². The number of pyridine rings is 1. The first-order valence-corrected chi connectivity index (χ1v) is 6.45. The van der Waals surface area contributed by atoms with Crippen LogP contribution in [-0.2, 0) is 10.0 Å². The Balaban J connectivity index is 2.22. The maximum atomic E-state index is 12.9. The van der Waals surface area contributed by atoms with Crippen LogP contribution in [0.2, 0.25) is 0 Å². The van der Waals surface area contributed by atoms with E-state index in [4.69, 9.17) is 0 Å². The Morgan fingerprint density at radius 3 is 2.83 bits per heavy atom. The number of aromatic nitrogens is 4. The third kappa shape index (κ3) is 2.68. The minimum atomic E-state index is -3.85. The second-order valence-corrected chi connectivity index (χ2v) is 5.27. The highest BCUT2D eigenvalue weighted by Crippen LogP contribution is 2.13. The summed E-state index contributed by atoms with van der Waals surface area (Å²) in [5.74, 6) is -0.354. The van der Waals surface area contributed by atoms with Gasteiger partial charge in [-0.1, -0.05) is 0 Å². The molecule has 2 rings (SSSR count). The van der Waals surface area contributed by atoms with Gasteiger partial charge in [0.15, 0.2) is 0 Å². The van der Waals surface area contributed by atoms with E-state index < -0.39 is 21.9 Å². The molecule has 2 aromatic rings. The molecule has 1 unspecified atom stereocenters. The van der Waals surface area contributed by atoms with Crippen LogP contribution in [0.4, 0.5) is 4.39 Å². The fraction of sp³-hybridized carbons (Fsp3) is 0.222. The van der Waals surface area contributed by atoms with E-state index in [1.165, 1.54) is 6.33 Å². The number of halogens is 1. The van der Waals surface area contributed by atoms with Crippen molar-refractivity contribution in [1.82, 2.24) is 24.9 Å². The molecule has 0 bridgehead atoms. The molecular formula is C9H10FN5O2S. The van der Waals surface area contributed by atoms with E-state index in [2.05, 4.69) is 24.9 Å². The van der Waals surface area contributed by atoms with Crippen LogP contribution in [0.5, 0.6) is 0 Å². The second-order valence-electron chi connectivity index (χ2n) is 3.55. The minimum absolute atomic E-state index is 0.242. The maximum absolute atomic E-state index is 12.9. The smallest absolute Gasteiger partial charge is 0.242 e. The van der Waals surface area contributed by atoms with Crippen LogP contribution >= 0.6 is 0 Å². The fourth-order valence-electron chi connectivity index (χ4n) is 1.32. The first-order valence-electron chi connectivity index (χ1n) is 4.97. The number of H-pyrrole nitrogens is 1. The van der Waals surface area contributed by atoms with Gasteiger partial charge in [-0.25, -0.2) is 22.5 Å². The summed E-state index contributed by atoms with van der Waals surface area (Å²) >= 11 is 0. The predicted molar refractivity (Wildman–Crippen MR) is 59.3 cm³/mol. The average molecular weight is 271 g/mol. The van der Waals surface area contributed by atoms with Gasteiger partial charge >= 0.3 is 0 Å².